The average molecular weight is 267 g/mol. The Morgan fingerprint density at radius 1 is 1.47 bits per heavy atom. The van der Waals surface area contributed by atoms with Crippen LogP contribution in [0.3, 0.4) is 0 Å². The lowest BCUT2D eigenvalue weighted by Crippen LogP contribution is -2.38. The number of nitrogens with zero attached hydrogens (tertiary/aromatic N) is 3. The van der Waals surface area contributed by atoms with Gasteiger partial charge in [-0.15, -0.1) is 21.5 Å². The quantitative estimate of drug-likeness (QED) is 0.838. The van der Waals surface area contributed by atoms with Gasteiger partial charge in [0.25, 0.3) is 0 Å². The van der Waals surface area contributed by atoms with Crippen molar-refractivity contribution in [3.63, 3.8) is 0 Å². The molecule has 90 valence electrons. The maximum absolute atomic E-state index is 5.81. The summed E-state index contributed by atoms with van der Waals surface area (Å²) >= 11 is 3.39. The van der Waals surface area contributed by atoms with Crippen LogP contribution in [0.1, 0.15) is 16.0 Å². The topological polar surface area (TPSA) is 38.2 Å². The highest BCUT2D eigenvalue weighted by Gasteiger charge is 2.24. The zero-order valence-electron chi connectivity index (χ0n) is 9.50. The molecule has 0 aromatic carbocycles. The monoisotopic (exact) mass is 267 g/mol. The molecule has 0 amide bonds. The smallest absolute Gasteiger partial charge is 0.208 e. The minimum Gasteiger partial charge on any atom is -0.369 e. The zero-order valence-corrected chi connectivity index (χ0v) is 11.1. The maximum Gasteiger partial charge on any atom is 0.208 e. The van der Waals surface area contributed by atoms with Gasteiger partial charge in [0.15, 0.2) is 0 Å². The molecule has 1 atom stereocenters. The highest BCUT2D eigenvalue weighted by Crippen LogP contribution is 2.29. The van der Waals surface area contributed by atoms with Crippen LogP contribution in [0.25, 0.3) is 0 Å². The van der Waals surface area contributed by atoms with Crippen molar-refractivity contribution in [2.75, 3.05) is 24.6 Å². The molecule has 0 aliphatic carbocycles. The first-order valence-corrected chi connectivity index (χ1v) is 7.22. The van der Waals surface area contributed by atoms with Gasteiger partial charge in [0.1, 0.15) is 11.1 Å². The van der Waals surface area contributed by atoms with E-state index in [4.69, 9.17) is 4.74 Å². The molecule has 0 saturated carbocycles. The van der Waals surface area contributed by atoms with E-state index >= 15 is 0 Å². The third-order valence-corrected chi connectivity index (χ3v) is 4.58. The van der Waals surface area contributed by atoms with Crippen molar-refractivity contribution in [1.29, 1.82) is 0 Å². The summed E-state index contributed by atoms with van der Waals surface area (Å²) in [5.41, 5.74) is 0. The van der Waals surface area contributed by atoms with Crippen molar-refractivity contribution in [3.05, 3.63) is 27.4 Å². The molecule has 0 radical (unpaired) electrons. The van der Waals surface area contributed by atoms with Gasteiger partial charge in [0.2, 0.25) is 5.13 Å². The standard InChI is InChI=1S/C11H13N3OS2/c1-8-12-13-11(17-8)14-4-5-15-9(7-14)10-3-2-6-16-10/h2-3,6,9H,4-5,7H2,1H3. The lowest BCUT2D eigenvalue weighted by Gasteiger charge is -2.31. The molecule has 4 nitrogen and oxygen atoms in total. The van der Waals surface area contributed by atoms with Crippen molar-refractivity contribution in [2.45, 2.75) is 13.0 Å². The number of hydrogen-bond acceptors (Lipinski definition) is 6. The molecule has 1 unspecified atom stereocenters. The first-order valence-electron chi connectivity index (χ1n) is 5.53. The highest BCUT2D eigenvalue weighted by atomic mass is 32.1. The molecule has 1 aliphatic rings. The Bertz CT molecular complexity index is 483. The van der Waals surface area contributed by atoms with Gasteiger partial charge in [0.05, 0.1) is 13.2 Å². The van der Waals surface area contributed by atoms with E-state index in [9.17, 15) is 0 Å². The van der Waals surface area contributed by atoms with Gasteiger partial charge in [0, 0.05) is 11.4 Å². The molecule has 1 fully saturated rings. The fraction of sp³-hybridized carbons (Fsp3) is 0.455. The van der Waals surface area contributed by atoms with E-state index in [2.05, 4.69) is 32.6 Å². The summed E-state index contributed by atoms with van der Waals surface area (Å²) in [6, 6.07) is 4.20. The summed E-state index contributed by atoms with van der Waals surface area (Å²) < 4.78 is 5.81. The molecule has 17 heavy (non-hydrogen) atoms. The van der Waals surface area contributed by atoms with Crippen molar-refractivity contribution in [3.8, 4) is 0 Å². The first kappa shape index (κ1) is 11.1. The van der Waals surface area contributed by atoms with E-state index in [1.807, 2.05) is 6.92 Å². The Kier molecular flexibility index (Phi) is 3.09. The number of rotatable bonds is 2. The summed E-state index contributed by atoms with van der Waals surface area (Å²) in [5, 5.41) is 12.4. The van der Waals surface area contributed by atoms with E-state index < -0.39 is 0 Å². The van der Waals surface area contributed by atoms with Gasteiger partial charge in [-0.05, 0) is 18.4 Å². The molecule has 1 aliphatic heterocycles. The number of hydrogen-bond donors (Lipinski definition) is 0. The predicted octanol–water partition coefficient (Wildman–Crippen LogP) is 2.49. The van der Waals surface area contributed by atoms with Crippen LogP contribution in [0.4, 0.5) is 5.13 Å². The van der Waals surface area contributed by atoms with Crippen LogP contribution in [-0.2, 0) is 4.74 Å². The van der Waals surface area contributed by atoms with Gasteiger partial charge in [-0.3, -0.25) is 0 Å². The highest BCUT2D eigenvalue weighted by molar-refractivity contribution is 7.15. The van der Waals surface area contributed by atoms with Gasteiger partial charge < -0.3 is 9.64 Å². The van der Waals surface area contributed by atoms with E-state index in [0.717, 1.165) is 29.8 Å². The van der Waals surface area contributed by atoms with Crippen molar-refractivity contribution in [1.82, 2.24) is 10.2 Å². The molecule has 0 N–H and O–H groups in total. The number of anilines is 1. The van der Waals surface area contributed by atoms with Crippen LogP contribution in [0.5, 0.6) is 0 Å². The van der Waals surface area contributed by atoms with Crippen molar-refractivity contribution in [2.24, 2.45) is 0 Å². The minimum atomic E-state index is 0.174. The fourth-order valence-electron chi connectivity index (χ4n) is 1.88. The molecule has 1 saturated heterocycles. The largest absolute Gasteiger partial charge is 0.369 e. The molecule has 0 bridgehead atoms. The average Bonchev–Trinajstić information content (AvgIpc) is 3.00. The molecule has 3 rings (SSSR count). The Morgan fingerprint density at radius 3 is 3.12 bits per heavy atom. The zero-order chi connectivity index (χ0) is 11.7. The van der Waals surface area contributed by atoms with Gasteiger partial charge in [-0.1, -0.05) is 17.4 Å². The number of thiophene rings is 1. The second kappa shape index (κ2) is 4.72. The lowest BCUT2D eigenvalue weighted by molar-refractivity contribution is 0.0421. The number of morpholine rings is 1. The van der Waals surface area contributed by atoms with Crippen LogP contribution >= 0.6 is 22.7 Å². The maximum atomic E-state index is 5.81. The van der Waals surface area contributed by atoms with Crippen LogP contribution in [0, 0.1) is 6.92 Å². The van der Waals surface area contributed by atoms with Crippen LogP contribution < -0.4 is 4.90 Å². The first-order chi connectivity index (χ1) is 8.33. The van der Waals surface area contributed by atoms with E-state index in [-0.39, 0.29) is 6.10 Å². The van der Waals surface area contributed by atoms with Crippen molar-refractivity contribution >= 4 is 27.8 Å². The second-order valence-corrected chi connectivity index (χ2v) is 6.06. The van der Waals surface area contributed by atoms with Crippen LogP contribution in [0.15, 0.2) is 17.5 Å². The number of ether oxygens (including phenoxy) is 1. The molecule has 0 spiro atoms. The molecule has 3 heterocycles. The van der Waals surface area contributed by atoms with Gasteiger partial charge in [-0.2, -0.15) is 0 Å². The van der Waals surface area contributed by atoms with Crippen LogP contribution in [0.2, 0.25) is 0 Å². The van der Waals surface area contributed by atoms with Gasteiger partial charge in [-0.25, -0.2) is 0 Å². The summed E-state index contributed by atoms with van der Waals surface area (Å²) in [5.74, 6) is 0. The third-order valence-electron chi connectivity index (χ3n) is 2.71. The lowest BCUT2D eigenvalue weighted by atomic mass is 10.2. The normalized spacial score (nSPS) is 20.8. The van der Waals surface area contributed by atoms with E-state index in [1.165, 1.54) is 4.88 Å². The fourth-order valence-corrected chi connectivity index (χ4v) is 3.37. The Labute approximate surface area is 108 Å². The minimum absolute atomic E-state index is 0.174. The Morgan fingerprint density at radius 2 is 2.41 bits per heavy atom. The second-order valence-electron chi connectivity index (χ2n) is 3.92. The summed E-state index contributed by atoms with van der Waals surface area (Å²) in [6.07, 6.45) is 0.174. The molecular weight excluding hydrogens is 254 g/mol. The third kappa shape index (κ3) is 2.34. The molecule has 2 aromatic rings. The number of aromatic nitrogens is 2. The Hall–Kier alpha value is -0.980. The van der Waals surface area contributed by atoms with E-state index in [0.29, 0.717) is 0 Å². The van der Waals surface area contributed by atoms with Crippen molar-refractivity contribution < 1.29 is 4.74 Å². The molecule has 2 aromatic heterocycles. The SMILES string of the molecule is Cc1nnc(N2CCOC(c3cccs3)C2)s1. The number of aryl methyl sites for hydroxylation is 1. The van der Waals surface area contributed by atoms with Crippen LogP contribution in [-0.4, -0.2) is 29.9 Å². The molecule has 6 heteroatoms. The van der Waals surface area contributed by atoms with Gasteiger partial charge >= 0.3 is 0 Å². The summed E-state index contributed by atoms with van der Waals surface area (Å²) in [7, 11) is 0. The van der Waals surface area contributed by atoms with E-state index in [1.54, 1.807) is 22.7 Å². The molecular formula is C11H13N3OS2. The Balaban J connectivity index is 1.76. The summed E-state index contributed by atoms with van der Waals surface area (Å²) in [6.45, 7) is 4.51. The summed E-state index contributed by atoms with van der Waals surface area (Å²) in [4.78, 5) is 3.55. The predicted molar refractivity (Wildman–Crippen MR) is 69.9 cm³/mol.